The van der Waals surface area contributed by atoms with Gasteiger partial charge in [0.25, 0.3) is 0 Å². The van der Waals surface area contributed by atoms with Gasteiger partial charge in [-0.3, -0.25) is 0 Å². The van der Waals surface area contributed by atoms with Crippen LogP contribution in [0.15, 0.2) is 18.2 Å². The first-order valence-corrected chi connectivity index (χ1v) is 7.57. The Morgan fingerprint density at radius 3 is 2.32 bits per heavy atom. The van der Waals surface area contributed by atoms with Gasteiger partial charge in [-0.1, -0.05) is 57.0 Å². The van der Waals surface area contributed by atoms with Crippen molar-refractivity contribution in [1.29, 1.82) is 0 Å². The van der Waals surface area contributed by atoms with E-state index in [9.17, 15) is 5.11 Å². The highest BCUT2D eigenvalue weighted by Gasteiger charge is 2.22. The predicted molar refractivity (Wildman–Crippen MR) is 84.0 cm³/mol. The molecule has 19 heavy (non-hydrogen) atoms. The molecule has 0 aromatic heterocycles. The van der Waals surface area contributed by atoms with Crippen molar-refractivity contribution in [1.82, 2.24) is 0 Å². The summed E-state index contributed by atoms with van der Waals surface area (Å²) in [4.78, 5) is 0. The van der Waals surface area contributed by atoms with E-state index in [1.165, 1.54) is 0 Å². The highest BCUT2D eigenvalue weighted by Crippen LogP contribution is 2.27. The van der Waals surface area contributed by atoms with E-state index in [1.807, 2.05) is 12.1 Å². The lowest BCUT2D eigenvalue weighted by molar-refractivity contribution is 0.0505. The van der Waals surface area contributed by atoms with Crippen LogP contribution < -0.4 is 0 Å². The molecule has 0 amide bonds. The number of aliphatic hydroxyl groups excluding tert-OH is 1. The molecule has 3 heteroatoms. The van der Waals surface area contributed by atoms with Crippen molar-refractivity contribution in [2.75, 3.05) is 0 Å². The number of hydrogen-bond acceptors (Lipinski definition) is 1. The average Bonchev–Trinajstić information content (AvgIpc) is 2.28. The first-order valence-electron chi connectivity index (χ1n) is 6.82. The lowest BCUT2D eigenvalue weighted by Gasteiger charge is -2.26. The van der Waals surface area contributed by atoms with Gasteiger partial charge < -0.3 is 5.11 Å². The Morgan fingerprint density at radius 1 is 1.16 bits per heavy atom. The van der Waals surface area contributed by atoms with Gasteiger partial charge in [0, 0.05) is 10.0 Å². The highest BCUT2D eigenvalue weighted by atomic mass is 35.5. The van der Waals surface area contributed by atoms with E-state index in [4.69, 9.17) is 23.2 Å². The zero-order valence-corrected chi connectivity index (χ0v) is 13.7. The molecule has 0 spiro atoms. The van der Waals surface area contributed by atoms with Crippen molar-refractivity contribution in [2.24, 2.45) is 11.3 Å². The van der Waals surface area contributed by atoms with Gasteiger partial charge in [-0.2, -0.15) is 0 Å². The topological polar surface area (TPSA) is 20.2 Å². The minimum Gasteiger partial charge on any atom is -0.393 e. The Labute approximate surface area is 126 Å². The molecule has 108 valence electrons. The SMILES string of the molecule is C[C@H](CC[C@@H](O)C(C)(C)C)Cc1ccc(Cl)cc1Cl. The van der Waals surface area contributed by atoms with E-state index < -0.39 is 0 Å². The van der Waals surface area contributed by atoms with Gasteiger partial charge in [-0.15, -0.1) is 0 Å². The zero-order chi connectivity index (χ0) is 14.6. The number of aliphatic hydroxyl groups is 1. The van der Waals surface area contributed by atoms with Crippen molar-refractivity contribution in [2.45, 2.75) is 53.1 Å². The lowest BCUT2D eigenvalue weighted by Crippen LogP contribution is -2.26. The molecule has 1 rings (SSSR count). The minimum absolute atomic E-state index is 0.0440. The van der Waals surface area contributed by atoms with Crippen molar-refractivity contribution in [3.05, 3.63) is 33.8 Å². The van der Waals surface area contributed by atoms with Gasteiger partial charge in [0.05, 0.1) is 6.10 Å². The van der Waals surface area contributed by atoms with Crippen LogP contribution in [-0.2, 0) is 6.42 Å². The van der Waals surface area contributed by atoms with E-state index >= 15 is 0 Å². The minimum atomic E-state index is -0.254. The summed E-state index contributed by atoms with van der Waals surface area (Å²) in [5.41, 5.74) is 1.08. The van der Waals surface area contributed by atoms with Crippen molar-refractivity contribution < 1.29 is 5.11 Å². The molecular formula is C16H24Cl2O. The van der Waals surface area contributed by atoms with Crippen LogP contribution in [0.3, 0.4) is 0 Å². The summed E-state index contributed by atoms with van der Waals surface area (Å²) >= 11 is 12.1. The van der Waals surface area contributed by atoms with E-state index in [2.05, 4.69) is 27.7 Å². The standard InChI is InChI=1S/C16H24Cl2O/c1-11(5-8-15(19)16(2,3)4)9-12-6-7-13(17)10-14(12)18/h6-7,10-11,15,19H,5,8-9H2,1-4H3/t11-,15-/m1/s1. The molecule has 0 aliphatic heterocycles. The number of benzene rings is 1. The Bertz CT molecular complexity index is 410. The molecule has 0 heterocycles. The fourth-order valence-electron chi connectivity index (χ4n) is 2.04. The smallest absolute Gasteiger partial charge is 0.0588 e. The molecular weight excluding hydrogens is 279 g/mol. The number of rotatable bonds is 5. The van der Waals surface area contributed by atoms with Crippen LogP contribution in [0.5, 0.6) is 0 Å². The van der Waals surface area contributed by atoms with Gasteiger partial charge >= 0.3 is 0 Å². The summed E-state index contributed by atoms with van der Waals surface area (Å²) in [5, 5.41) is 11.5. The second kappa shape index (κ2) is 6.97. The van der Waals surface area contributed by atoms with Crippen LogP contribution >= 0.6 is 23.2 Å². The highest BCUT2D eigenvalue weighted by molar-refractivity contribution is 6.35. The summed E-state index contributed by atoms with van der Waals surface area (Å²) in [6, 6.07) is 5.65. The van der Waals surface area contributed by atoms with Crippen LogP contribution in [0.25, 0.3) is 0 Å². The maximum atomic E-state index is 10.0. The first kappa shape index (κ1) is 16.8. The van der Waals surface area contributed by atoms with Gasteiger partial charge in [0.2, 0.25) is 0 Å². The van der Waals surface area contributed by atoms with Crippen LogP contribution in [0.4, 0.5) is 0 Å². The molecule has 1 nitrogen and oxygen atoms in total. The van der Waals surface area contributed by atoms with Gasteiger partial charge in [-0.25, -0.2) is 0 Å². The molecule has 0 aliphatic rings. The largest absolute Gasteiger partial charge is 0.393 e. The van der Waals surface area contributed by atoms with Crippen LogP contribution in [0, 0.1) is 11.3 Å². The normalized spacial score (nSPS) is 15.3. The molecule has 1 N–H and O–H groups in total. The molecule has 0 unspecified atom stereocenters. The Hall–Kier alpha value is -0.240. The van der Waals surface area contributed by atoms with Crippen molar-refractivity contribution in [3.63, 3.8) is 0 Å². The quantitative estimate of drug-likeness (QED) is 0.776. The van der Waals surface area contributed by atoms with Gasteiger partial charge in [0.15, 0.2) is 0 Å². The molecule has 1 aromatic carbocycles. The van der Waals surface area contributed by atoms with E-state index in [-0.39, 0.29) is 11.5 Å². The monoisotopic (exact) mass is 302 g/mol. The fraction of sp³-hybridized carbons (Fsp3) is 0.625. The number of hydrogen-bond donors (Lipinski definition) is 1. The molecule has 0 fully saturated rings. The third-order valence-corrected chi connectivity index (χ3v) is 4.10. The zero-order valence-electron chi connectivity index (χ0n) is 12.2. The Balaban J connectivity index is 2.49. The first-order chi connectivity index (χ1) is 8.70. The van der Waals surface area contributed by atoms with E-state index in [0.29, 0.717) is 10.9 Å². The van der Waals surface area contributed by atoms with Crippen LogP contribution in [0.2, 0.25) is 10.0 Å². The molecule has 0 saturated carbocycles. The van der Waals surface area contributed by atoms with Crippen LogP contribution in [0.1, 0.15) is 46.1 Å². The summed E-state index contributed by atoms with van der Waals surface area (Å²) in [5.74, 6) is 0.496. The molecule has 1 aromatic rings. The molecule has 2 atom stereocenters. The van der Waals surface area contributed by atoms with Crippen molar-refractivity contribution in [3.8, 4) is 0 Å². The van der Waals surface area contributed by atoms with Gasteiger partial charge in [0.1, 0.15) is 0 Å². The second-order valence-electron chi connectivity index (χ2n) is 6.50. The average molecular weight is 303 g/mol. The summed E-state index contributed by atoms with van der Waals surface area (Å²) in [6.07, 6.45) is 2.50. The number of halogens is 2. The lowest BCUT2D eigenvalue weighted by atomic mass is 9.84. The summed E-state index contributed by atoms with van der Waals surface area (Å²) in [6.45, 7) is 8.40. The van der Waals surface area contributed by atoms with E-state index in [0.717, 1.165) is 29.8 Å². The van der Waals surface area contributed by atoms with E-state index in [1.54, 1.807) is 6.07 Å². The molecule has 0 saturated heterocycles. The van der Waals surface area contributed by atoms with Gasteiger partial charge in [-0.05, 0) is 48.3 Å². The summed E-state index contributed by atoms with van der Waals surface area (Å²) in [7, 11) is 0. The second-order valence-corrected chi connectivity index (χ2v) is 7.35. The molecule has 0 radical (unpaired) electrons. The van der Waals surface area contributed by atoms with Crippen molar-refractivity contribution >= 4 is 23.2 Å². The Morgan fingerprint density at radius 2 is 1.79 bits per heavy atom. The third-order valence-electron chi connectivity index (χ3n) is 3.52. The third kappa shape index (κ3) is 5.72. The Kier molecular flexibility index (Phi) is 6.16. The summed E-state index contributed by atoms with van der Waals surface area (Å²) < 4.78 is 0. The molecule has 0 aliphatic carbocycles. The molecule has 0 bridgehead atoms. The maximum absolute atomic E-state index is 10.0. The van der Waals surface area contributed by atoms with Crippen LogP contribution in [-0.4, -0.2) is 11.2 Å². The fourth-order valence-corrected chi connectivity index (χ4v) is 2.53. The predicted octanol–water partition coefficient (Wildman–Crippen LogP) is 5.36. The maximum Gasteiger partial charge on any atom is 0.0588 e.